The van der Waals surface area contributed by atoms with Gasteiger partial charge in [0.25, 0.3) is 5.91 Å². The molecule has 5 nitrogen and oxygen atoms in total. The van der Waals surface area contributed by atoms with Gasteiger partial charge in [-0.3, -0.25) is 4.79 Å². The summed E-state index contributed by atoms with van der Waals surface area (Å²) in [4.78, 5) is 14.2. The van der Waals surface area contributed by atoms with Crippen LogP contribution >= 0.6 is 12.4 Å². The first-order valence-corrected chi connectivity index (χ1v) is 8.26. The van der Waals surface area contributed by atoms with E-state index in [1.165, 1.54) is 0 Å². The highest BCUT2D eigenvalue weighted by Gasteiger charge is 2.26. The highest BCUT2D eigenvalue weighted by Crippen LogP contribution is 2.15. The van der Waals surface area contributed by atoms with Crippen LogP contribution in [0.4, 0.5) is 0 Å². The summed E-state index contributed by atoms with van der Waals surface area (Å²) in [7, 11) is 0. The van der Waals surface area contributed by atoms with Gasteiger partial charge in [-0.1, -0.05) is 13.8 Å². The molecule has 1 saturated heterocycles. The lowest BCUT2D eigenvalue weighted by atomic mass is 10.1. The summed E-state index contributed by atoms with van der Waals surface area (Å²) in [6.45, 7) is 9.76. The zero-order chi connectivity index (χ0) is 15.7. The monoisotopic (exact) mass is 336 g/mol. The van der Waals surface area contributed by atoms with Crippen molar-refractivity contribution in [1.29, 1.82) is 0 Å². The second-order valence-electron chi connectivity index (χ2n) is 6.23. The summed E-state index contributed by atoms with van der Waals surface area (Å²) in [6, 6.07) is 0. The van der Waals surface area contributed by atoms with Crippen LogP contribution in [0.15, 0.2) is 0 Å². The van der Waals surface area contributed by atoms with Crippen LogP contribution in [0.5, 0.6) is 0 Å². The van der Waals surface area contributed by atoms with Gasteiger partial charge in [0.1, 0.15) is 6.10 Å². The fourth-order valence-electron chi connectivity index (χ4n) is 2.39. The van der Waals surface area contributed by atoms with E-state index in [1.807, 2.05) is 11.8 Å². The van der Waals surface area contributed by atoms with E-state index in [2.05, 4.69) is 13.8 Å². The van der Waals surface area contributed by atoms with E-state index in [1.54, 1.807) is 0 Å². The first-order valence-electron chi connectivity index (χ1n) is 8.26. The summed E-state index contributed by atoms with van der Waals surface area (Å²) in [5.74, 6) is 0.716. The number of carbonyl (C=O) groups excluding carboxylic acids is 1. The molecular formula is C16H33ClN2O3. The minimum Gasteiger partial charge on any atom is -0.378 e. The van der Waals surface area contributed by atoms with Crippen molar-refractivity contribution in [3.63, 3.8) is 0 Å². The van der Waals surface area contributed by atoms with Gasteiger partial charge in [-0.25, -0.2) is 0 Å². The number of halogens is 1. The quantitative estimate of drug-likeness (QED) is 0.656. The Morgan fingerprint density at radius 3 is 2.41 bits per heavy atom. The van der Waals surface area contributed by atoms with Crippen LogP contribution < -0.4 is 5.73 Å². The third kappa shape index (κ3) is 8.32. The first kappa shape index (κ1) is 21.6. The highest BCUT2D eigenvalue weighted by molar-refractivity contribution is 5.85. The molecule has 0 aliphatic carbocycles. The summed E-state index contributed by atoms with van der Waals surface area (Å²) >= 11 is 0. The third-order valence-electron chi connectivity index (χ3n) is 3.87. The number of rotatable bonds is 9. The Morgan fingerprint density at radius 2 is 1.86 bits per heavy atom. The fourth-order valence-corrected chi connectivity index (χ4v) is 2.39. The smallest absolute Gasteiger partial charge is 0.251 e. The van der Waals surface area contributed by atoms with E-state index in [0.717, 1.165) is 45.4 Å². The fraction of sp³-hybridized carbons (Fsp3) is 0.938. The summed E-state index contributed by atoms with van der Waals surface area (Å²) in [5, 5.41) is 0. The van der Waals surface area contributed by atoms with Crippen LogP contribution in [0, 0.1) is 5.92 Å². The predicted molar refractivity (Wildman–Crippen MR) is 91.3 cm³/mol. The Hall–Kier alpha value is -0.360. The summed E-state index contributed by atoms with van der Waals surface area (Å²) < 4.78 is 11.4. The van der Waals surface area contributed by atoms with Crippen LogP contribution in [-0.4, -0.2) is 55.9 Å². The lowest BCUT2D eigenvalue weighted by molar-refractivity contribution is -0.145. The van der Waals surface area contributed by atoms with Crippen molar-refractivity contribution in [2.24, 2.45) is 11.7 Å². The van der Waals surface area contributed by atoms with Crippen LogP contribution in [0.2, 0.25) is 0 Å². The van der Waals surface area contributed by atoms with E-state index < -0.39 is 0 Å². The van der Waals surface area contributed by atoms with Crippen LogP contribution in [0.25, 0.3) is 0 Å². The minimum absolute atomic E-state index is 0. The molecular weight excluding hydrogens is 304 g/mol. The number of ether oxygens (including phenoxy) is 2. The van der Waals surface area contributed by atoms with Crippen molar-refractivity contribution in [2.75, 3.05) is 32.8 Å². The van der Waals surface area contributed by atoms with Crippen molar-refractivity contribution < 1.29 is 14.3 Å². The molecule has 1 aliphatic rings. The average molecular weight is 337 g/mol. The number of nitrogens with zero attached hydrogens (tertiary/aromatic N) is 1. The van der Waals surface area contributed by atoms with Gasteiger partial charge in [0.2, 0.25) is 0 Å². The van der Waals surface area contributed by atoms with Gasteiger partial charge in [0, 0.05) is 26.3 Å². The third-order valence-corrected chi connectivity index (χ3v) is 3.87. The van der Waals surface area contributed by atoms with Crippen molar-refractivity contribution in [2.45, 2.75) is 58.7 Å². The molecule has 1 aliphatic heterocycles. The molecule has 1 atom stereocenters. The number of nitrogens with two attached hydrogens (primary N) is 1. The maximum absolute atomic E-state index is 12.3. The molecule has 132 valence electrons. The summed E-state index contributed by atoms with van der Waals surface area (Å²) in [6.07, 6.45) is 3.66. The number of hydrogen-bond acceptors (Lipinski definition) is 4. The van der Waals surface area contributed by atoms with Gasteiger partial charge in [0.05, 0.1) is 6.10 Å². The van der Waals surface area contributed by atoms with E-state index in [9.17, 15) is 4.79 Å². The van der Waals surface area contributed by atoms with Crippen molar-refractivity contribution in [3.05, 3.63) is 0 Å². The minimum atomic E-state index is -0.335. The van der Waals surface area contributed by atoms with Gasteiger partial charge in [-0.05, 0) is 45.1 Å². The molecule has 0 aromatic carbocycles. The largest absolute Gasteiger partial charge is 0.378 e. The van der Waals surface area contributed by atoms with Gasteiger partial charge in [0.15, 0.2) is 0 Å². The lowest BCUT2D eigenvalue weighted by Gasteiger charge is -2.33. The van der Waals surface area contributed by atoms with Crippen LogP contribution in [-0.2, 0) is 14.3 Å². The highest BCUT2D eigenvalue weighted by atomic mass is 35.5. The van der Waals surface area contributed by atoms with Gasteiger partial charge in [-0.15, -0.1) is 12.4 Å². The van der Waals surface area contributed by atoms with Crippen molar-refractivity contribution >= 4 is 18.3 Å². The average Bonchev–Trinajstić information content (AvgIpc) is 2.47. The predicted octanol–water partition coefficient (Wildman–Crippen LogP) is 2.22. The van der Waals surface area contributed by atoms with Crippen molar-refractivity contribution in [3.8, 4) is 0 Å². The molecule has 1 fully saturated rings. The molecule has 0 radical (unpaired) electrons. The molecule has 0 aromatic rings. The van der Waals surface area contributed by atoms with Crippen molar-refractivity contribution in [1.82, 2.24) is 4.90 Å². The molecule has 22 heavy (non-hydrogen) atoms. The molecule has 1 heterocycles. The zero-order valence-electron chi connectivity index (χ0n) is 14.3. The SMILES string of the molecule is CC(C)CCOC(C)C(=O)N1CCC(OCCCN)CC1.Cl. The number of piperidine rings is 1. The zero-order valence-corrected chi connectivity index (χ0v) is 15.1. The van der Waals surface area contributed by atoms with E-state index in [-0.39, 0.29) is 30.5 Å². The molecule has 0 saturated carbocycles. The standard InChI is InChI=1S/C16H32N2O3.ClH/c1-13(2)7-12-20-14(3)16(19)18-9-5-15(6-10-18)21-11-4-8-17;/h13-15H,4-12,17H2,1-3H3;1H. The van der Waals surface area contributed by atoms with Gasteiger partial charge >= 0.3 is 0 Å². The van der Waals surface area contributed by atoms with E-state index in [0.29, 0.717) is 19.1 Å². The molecule has 1 rings (SSSR count). The topological polar surface area (TPSA) is 64.8 Å². The lowest BCUT2D eigenvalue weighted by Crippen LogP contribution is -2.45. The number of amides is 1. The number of carbonyl (C=O) groups is 1. The van der Waals surface area contributed by atoms with E-state index in [4.69, 9.17) is 15.2 Å². The Labute approximate surface area is 141 Å². The maximum Gasteiger partial charge on any atom is 0.251 e. The van der Waals surface area contributed by atoms with E-state index >= 15 is 0 Å². The second kappa shape index (κ2) is 12.1. The second-order valence-corrected chi connectivity index (χ2v) is 6.23. The summed E-state index contributed by atoms with van der Waals surface area (Å²) in [5.41, 5.74) is 5.45. The number of hydrogen-bond donors (Lipinski definition) is 1. The molecule has 2 N–H and O–H groups in total. The Balaban J connectivity index is 0.00000441. The van der Waals surface area contributed by atoms with Gasteiger partial charge < -0.3 is 20.1 Å². The normalized spacial score (nSPS) is 17.4. The van der Waals surface area contributed by atoms with Crippen LogP contribution in [0.1, 0.15) is 46.5 Å². The Kier molecular flexibility index (Phi) is 11.9. The Bertz CT molecular complexity index is 295. The molecule has 1 unspecified atom stereocenters. The van der Waals surface area contributed by atoms with Crippen LogP contribution in [0.3, 0.4) is 0 Å². The molecule has 1 amide bonds. The van der Waals surface area contributed by atoms with Gasteiger partial charge in [-0.2, -0.15) is 0 Å². The molecule has 0 spiro atoms. The first-order chi connectivity index (χ1) is 10.0. The molecule has 0 aromatic heterocycles. The number of likely N-dealkylation sites (tertiary alicyclic amines) is 1. The molecule has 0 bridgehead atoms. The Morgan fingerprint density at radius 1 is 1.23 bits per heavy atom. The maximum atomic E-state index is 12.3. The molecule has 6 heteroatoms.